The van der Waals surface area contributed by atoms with Crippen molar-refractivity contribution in [1.29, 1.82) is 0 Å². The molecule has 1 atom stereocenters. The van der Waals surface area contributed by atoms with Crippen molar-refractivity contribution in [2.24, 2.45) is 5.92 Å². The number of carbonyl (C=O) groups is 1. The van der Waals surface area contributed by atoms with E-state index in [-0.39, 0.29) is 5.91 Å². The molecule has 100 valence electrons. The first-order valence-corrected chi connectivity index (χ1v) is 6.36. The third kappa shape index (κ3) is 3.58. The zero-order valence-corrected chi connectivity index (χ0v) is 10.7. The van der Waals surface area contributed by atoms with Crippen molar-refractivity contribution in [2.75, 3.05) is 26.7 Å². The van der Waals surface area contributed by atoms with Crippen molar-refractivity contribution in [3.05, 3.63) is 23.7 Å². The van der Waals surface area contributed by atoms with Gasteiger partial charge in [-0.25, -0.2) is 0 Å². The maximum atomic E-state index is 11.8. The van der Waals surface area contributed by atoms with E-state index in [0.29, 0.717) is 30.6 Å². The molecule has 2 N–H and O–H groups in total. The molecule has 5 nitrogen and oxygen atoms in total. The van der Waals surface area contributed by atoms with Gasteiger partial charge in [-0.2, -0.15) is 0 Å². The van der Waals surface area contributed by atoms with Crippen LogP contribution in [-0.2, 0) is 11.3 Å². The Balaban J connectivity index is 1.72. The van der Waals surface area contributed by atoms with E-state index in [0.717, 1.165) is 19.5 Å². The smallest absolute Gasteiger partial charge is 0.286 e. The number of ether oxygens (including phenoxy) is 1. The van der Waals surface area contributed by atoms with Gasteiger partial charge in [0.15, 0.2) is 5.76 Å². The molecule has 1 aliphatic heterocycles. The molecule has 1 unspecified atom stereocenters. The lowest BCUT2D eigenvalue weighted by atomic mass is 10.1. The van der Waals surface area contributed by atoms with Crippen LogP contribution in [-0.4, -0.2) is 32.7 Å². The minimum atomic E-state index is -0.150. The molecule has 2 rings (SSSR count). The average molecular weight is 252 g/mol. The monoisotopic (exact) mass is 252 g/mol. The molecule has 0 saturated carbocycles. The predicted molar refractivity (Wildman–Crippen MR) is 67.3 cm³/mol. The van der Waals surface area contributed by atoms with Gasteiger partial charge < -0.3 is 19.8 Å². The second-order valence-electron chi connectivity index (χ2n) is 4.60. The lowest BCUT2D eigenvalue weighted by Crippen LogP contribution is -2.26. The largest absolute Gasteiger partial charge is 0.453 e. The van der Waals surface area contributed by atoms with Crippen molar-refractivity contribution in [1.82, 2.24) is 10.6 Å². The zero-order chi connectivity index (χ0) is 12.8. The molecule has 0 spiro atoms. The lowest BCUT2D eigenvalue weighted by Gasteiger charge is -2.08. The Labute approximate surface area is 107 Å². The normalized spacial score (nSPS) is 19.1. The maximum absolute atomic E-state index is 11.8. The summed E-state index contributed by atoms with van der Waals surface area (Å²) in [6, 6.07) is 3.44. The Bertz CT molecular complexity index is 383. The van der Waals surface area contributed by atoms with E-state index in [9.17, 15) is 4.79 Å². The number of rotatable bonds is 6. The van der Waals surface area contributed by atoms with Crippen LogP contribution in [0.4, 0.5) is 0 Å². The summed E-state index contributed by atoms with van der Waals surface area (Å²) in [5.74, 6) is 1.56. The average Bonchev–Trinajstić information content (AvgIpc) is 3.00. The van der Waals surface area contributed by atoms with E-state index in [1.807, 2.05) is 0 Å². The van der Waals surface area contributed by atoms with E-state index in [4.69, 9.17) is 9.15 Å². The van der Waals surface area contributed by atoms with Gasteiger partial charge in [-0.3, -0.25) is 4.79 Å². The second-order valence-corrected chi connectivity index (χ2v) is 4.60. The highest BCUT2D eigenvalue weighted by Crippen LogP contribution is 2.12. The van der Waals surface area contributed by atoms with Crippen molar-refractivity contribution < 1.29 is 13.9 Å². The topological polar surface area (TPSA) is 63.5 Å². The Kier molecular flexibility index (Phi) is 4.78. The summed E-state index contributed by atoms with van der Waals surface area (Å²) in [5.41, 5.74) is 0. The van der Waals surface area contributed by atoms with Crippen LogP contribution < -0.4 is 10.6 Å². The summed E-state index contributed by atoms with van der Waals surface area (Å²) in [4.78, 5) is 11.8. The molecule has 1 aliphatic rings. The lowest BCUT2D eigenvalue weighted by molar-refractivity contribution is 0.0915. The summed E-state index contributed by atoms with van der Waals surface area (Å²) in [6.07, 6.45) is 2.22. The summed E-state index contributed by atoms with van der Waals surface area (Å²) < 4.78 is 10.3. The SMILES string of the molecule is COCc1ccc(C(=O)NCCC2CCNC2)o1. The number of carbonyl (C=O) groups excluding carboxylic acids is 1. The number of nitrogens with one attached hydrogen (secondary N) is 2. The summed E-state index contributed by atoms with van der Waals surface area (Å²) >= 11 is 0. The molecule has 1 fully saturated rings. The van der Waals surface area contributed by atoms with Crippen molar-refractivity contribution in [3.8, 4) is 0 Å². The number of methoxy groups -OCH3 is 1. The van der Waals surface area contributed by atoms with Gasteiger partial charge >= 0.3 is 0 Å². The van der Waals surface area contributed by atoms with Crippen LogP contribution in [0.2, 0.25) is 0 Å². The van der Waals surface area contributed by atoms with E-state index >= 15 is 0 Å². The molecule has 0 aliphatic carbocycles. The fourth-order valence-corrected chi connectivity index (χ4v) is 2.16. The highest BCUT2D eigenvalue weighted by atomic mass is 16.5. The number of hydrogen-bond donors (Lipinski definition) is 2. The van der Waals surface area contributed by atoms with Gasteiger partial charge in [0.1, 0.15) is 12.4 Å². The van der Waals surface area contributed by atoms with Crippen LogP contribution in [0.15, 0.2) is 16.5 Å². The van der Waals surface area contributed by atoms with Gasteiger partial charge in [0.2, 0.25) is 0 Å². The van der Waals surface area contributed by atoms with Crippen LogP contribution >= 0.6 is 0 Å². The molecule has 0 aromatic carbocycles. The number of hydrogen-bond acceptors (Lipinski definition) is 4. The van der Waals surface area contributed by atoms with Crippen LogP contribution in [0, 0.1) is 5.92 Å². The van der Waals surface area contributed by atoms with Crippen LogP contribution in [0.5, 0.6) is 0 Å². The summed E-state index contributed by atoms with van der Waals surface area (Å²) in [6.45, 7) is 3.25. The second kappa shape index (κ2) is 6.56. The Morgan fingerprint density at radius 3 is 3.22 bits per heavy atom. The molecular weight excluding hydrogens is 232 g/mol. The molecular formula is C13H20N2O3. The Hall–Kier alpha value is -1.33. The van der Waals surface area contributed by atoms with E-state index in [2.05, 4.69) is 10.6 Å². The maximum Gasteiger partial charge on any atom is 0.286 e. The van der Waals surface area contributed by atoms with Gasteiger partial charge in [-0.05, 0) is 44.0 Å². The number of amides is 1. The van der Waals surface area contributed by atoms with E-state index < -0.39 is 0 Å². The summed E-state index contributed by atoms with van der Waals surface area (Å²) in [7, 11) is 1.60. The third-order valence-electron chi connectivity index (χ3n) is 3.17. The van der Waals surface area contributed by atoms with Crippen molar-refractivity contribution in [3.63, 3.8) is 0 Å². The molecule has 1 saturated heterocycles. The van der Waals surface area contributed by atoms with Crippen LogP contribution in [0.25, 0.3) is 0 Å². The fourth-order valence-electron chi connectivity index (χ4n) is 2.16. The van der Waals surface area contributed by atoms with Gasteiger partial charge in [0.05, 0.1) is 0 Å². The van der Waals surface area contributed by atoms with Gasteiger partial charge in [-0.1, -0.05) is 0 Å². The van der Waals surface area contributed by atoms with Gasteiger partial charge in [0.25, 0.3) is 5.91 Å². The van der Waals surface area contributed by atoms with Crippen molar-refractivity contribution in [2.45, 2.75) is 19.4 Å². The predicted octanol–water partition coefficient (Wildman–Crippen LogP) is 1.16. The highest BCUT2D eigenvalue weighted by molar-refractivity contribution is 5.91. The Morgan fingerprint density at radius 2 is 2.50 bits per heavy atom. The van der Waals surface area contributed by atoms with Gasteiger partial charge in [0, 0.05) is 13.7 Å². The zero-order valence-electron chi connectivity index (χ0n) is 10.7. The Morgan fingerprint density at radius 1 is 1.61 bits per heavy atom. The fraction of sp³-hybridized carbons (Fsp3) is 0.615. The molecule has 1 amide bonds. The molecule has 1 aromatic heterocycles. The summed E-state index contributed by atoms with van der Waals surface area (Å²) in [5, 5.41) is 6.19. The minimum Gasteiger partial charge on any atom is -0.453 e. The van der Waals surface area contributed by atoms with E-state index in [1.54, 1.807) is 19.2 Å². The van der Waals surface area contributed by atoms with Crippen molar-refractivity contribution >= 4 is 5.91 Å². The van der Waals surface area contributed by atoms with Crippen LogP contribution in [0.3, 0.4) is 0 Å². The first-order chi connectivity index (χ1) is 8.79. The first kappa shape index (κ1) is 13.1. The standard InChI is InChI=1S/C13H20N2O3/c1-17-9-11-2-3-12(18-11)13(16)15-7-5-10-4-6-14-8-10/h2-3,10,14H,4-9H2,1H3,(H,15,16). The van der Waals surface area contributed by atoms with Gasteiger partial charge in [-0.15, -0.1) is 0 Å². The third-order valence-corrected chi connectivity index (χ3v) is 3.17. The highest BCUT2D eigenvalue weighted by Gasteiger charge is 2.15. The number of furan rings is 1. The molecule has 18 heavy (non-hydrogen) atoms. The van der Waals surface area contributed by atoms with E-state index in [1.165, 1.54) is 6.42 Å². The molecule has 2 heterocycles. The quantitative estimate of drug-likeness (QED) is 0.797. The van der Waals surface area contributed by atoms with Crippen LogP contribution in [0.1, 0.15) is 29.2 Å². The molecule has 0 bridgehead atoms. The molecule has 1 aromatic rings. The molecule has 5 heteroatoms. The minimum absolute atomic E-state index is 0.150. The molecule has 0 radical (unpaired) electrons. The first-order valence-electron chi connectivity index (χ1n) is 6.36.